The maximum Gasteiger partial charge on any atom is 0.259 e. The van der Waals surface area contributed by atoms with Crippen molar-refractivity contribution >= 4 is 0 Å². The first-order valence-electron chi connectivity index (χ1n) is 9.45. The fourth-order valence-corrected chi connectivity index (χ4v) is 3.89. The molecule has 2 aromatic rings. The van der Waals surface area contributed by atoms with Gasteiger partial charge >= 0.3 is 0 Å². The molecule has 1 N–H and O–H groups in total. The van der Waals surface area contributed by atoms with Gasteiger partial charge in [-0.2, -0.15) is 0 Å². The fraction of sp³-hybridized carbons (Fsp3) is 0.476. The highest BCUT2D eigenvalue weighted by atomic mass is 19.1. The molecule has 6 heteroatoms. The zero-order chi connectivity index (χ0) is 19.4. The second-order valence-corrected chi connectivity index (χ2v) is 7.05. The van der Waals surface area contributed by atoms with Crippen molar-refractivity contribution in [3.63, 3.8) is 0 Å². The van der Waals surface area contributed by atoms with Crippen LogP contribution in [0.25, 0.3) is 0 Å². The molecule has 0 unspecified atom stereocenters. The summed E-state index contributed by atoms with van der Waals surface area (Å²) >= 11 is 0. The van der Waals surface area contributed by atoms with E-state index in [0.29, 0.717) is 24.4 Å². The van der Waals surface area contributed by atoms with Crippen LogP contribution in [-0.4, -0.2) is 41.4 Å². The van der Waals surface area contributed by atoms with Crippen LogP contribution >= 0.6 is 0 Å². The van der Waals surface area contributed by atoms with Crippen LogP contribution in [0.15, 0.2) is 35.1 Å². The van der Waals surface area contributed by atoms with Crippen molar-refractivity contribution in [2.24, 2.45) is 0 Å². The maximum absolute atomic E-state index is 14.7. The Morgan fingerprint density at radius 1 is 1.22 bits per heavy atom. The van der Waals surface area contributed by atoms with Crippen molar-refractivity contribution < 1.29 is 14.2 Å². The molecule has 1 fully saturated rings. The molecule has 146 valence electrons. The van der Waals surface area contributed by atoms with Gasteiger partial charge in [-0.15, -0.1) is 0 Å². The van der Waals surface area contributed by atoms with E-state index in [2.05, 4.69) is 4.90 Å². The number of likely N-dealkylation sites (tertiary alicyclic amines) is 1. The third-order valence-electron chi connectivity index (χ3n) is 5.27. The minimum absolute atomic E-state index is 0.0787. The van der Waals surface area contributed by atoms with Crippen molar-refractivity contribution in [1.82, 2.24) is 9.47 Å². The second-order valence-electron chi connectivity index (χ2n) is 7.05. The van der Waals surface area contributed by atoms with Gasteiger partial charge in [-0.3, -0.25) is 9.69 Å². The Bertz CT molecular complexity index is 844. The summed E-state index contributed by atoms with van der Waals surface area (Å²) < 4.78 is 21.4. The molecule has 1 atom stereocenters. The molecular weight excluding hydrogens is 347 g/mol. The van der Waals surface area contributed by atoms with Crippen LogP contribution in [0.4, 0.5) is 4.39 Å². The zero-order valence-electron chi connectivity index (χ0n) is 15.9. The lowest BCUT2D eigenvalue weighted by atomic mass is 9.94. The van der Waals surface area contributed by atoms with Gasteiger partial charge in [0.15, 0.2) is 0 Å². The van der Waals surface area contributed by atoms with Gasteiger partial charge in [0.2, 0.25) is 0 Å². The Kier molecular flexibility index (Phi) is 6.29. The van der Waals surface area contributed by atoms with E-state index in [0.717, 1.165) is 32.4 Å². The molecule has 1 aromatic carbocycles. The van der Waals surface area contributed by atoms with Gasteiger partial charge in [-0.25, -0.2) is 4.39 Å². The highest BCUT2D eigenvalue weighted by Gasteiger charge is 2.31. The van der Waals surface area contributed by atoms with Crippen molar-refractivity contribution in [3.8, 4) is 5.75 Å². The molecule has 0 radical (unpaired) electrons. The second kappa shape index (κ2) is 8.67. The first-order valence-corrected chi connectivity index (χ1v) is 9.45. The molecule has 2 heterocycles. The number of ether oxygens (including phenoxy) is 1. The van der Waals surface area contributed by atoms with E-state index in [1.54, 1.807) is 42.9 Å². The average Bonchev–Trinajstić information content (AvgIpc) is 2.66. The van der Waals surface area contributed by atoms with E-state index >= 15 is 0 Å². The summed E-state index contributed by atoms with van der Waals surface area (Å²) in [7, 11) is 1.58. The predicted molar refractivity (Wildman–Crippen MR) is 103 cm³/mol. The molecule has 0 amide bonds. The lowest BCUT2D eigenvalue weighted by molar-refractivity contribution is 0.176. The summed E-state index contributed by atoms with van der Waals surface area (Å²) in [5.74, 6) is -0.444. The van der Waals surface area contributed by atoms with Gasteiger partial charge in [0, 0.05) is 24.9 Å². The molecule has 0 saturated carbocycles. The molecule has 1 aliphatic rings. The summed E-state index contributed by atoms with van der Waals surface area (Å²) in [4.78, 5) is 15.4. The fourth-order valence-electron chi connectivity index (χ4n) is 3.89. The molecule has 1 saturated heterocycles. The number of aryl methyl sites for hydroxylation is 1. The van der Waals surface area contributed by atoms with E-state index < -0.39 is 6.04 Å². The Balaban J connectivity index is 2.17. The van der Waals surface area contributed by atoms with Crippen LogP contribution in [0, 0.1) is 12.7 Å². The summed E-state index contributed by atoms with van der Waals surface area (Å²) in [6.07, 6.45) is 3.11. The summed E-state index contributed by atoms with van der Waals surface area (Å²) in [5.41, 5.74) is 1.03. The van der Waals surface area contributed by atoms with Gasteiger partial charge in [-0.05, 0) is 45.0 Å². The number of methoxy groups -OCH3 is 1. The third-order valence-corrected chi connectivity index (χ3v) is 5.27. The highest BCUT2D eigenvalue weighted by molar-refractivity contribution is 5.41. The number of piperidine rings is 1. The minimum atomic E-state index is -0.603. The number of hydrogen-bond acceptors (Lipinski definition) is 4. The molecule has 1 aromatic heterocycles. The molecular formula is C21H27FN2O3. The lowest BCUT2D eigenvalue weighted by Gasteiger charge is -2.35. The highest BCUT2D eigenvalue weighted by Crippen LogP contribution is 2.35. The van der Waals surface area contributed by atoms with Gasteiger partial charge in [-0.1, -0.05) is 24.6 Å². The van der Waals surface area contributed by atoms with Crippen molar-refractivity contribution in [1.29, 1.82) is 0 Å². The number of halogens is 1. The Morgan fingerprint density at radius 2 is 1.93 bits per heavy atom. The van der Waals surface area contributed by atoms with Gasteiger partial charge < -0.3 is 14.4 Å². The first-order chi connectivity index (χ1) is 13.0. The van der Waals surface area contributed by atoms with Gasteiger partial charge in [0.1, 0.15) is 11.6 Å². The smallest absolute Gasteiger partial charge is 0.259 e. The molecule has 0 aliphatic carbocycles. The van der Waals surface area contributed by atoms with Crippen molar-refractivity contribution in [2.45, 2.75) is 38.8 Å². The topological polar surface area (TPSA) is 54.7 Å². The molecule has 0 spiro atoms. The number of nitrogens with zero attached hydrogens (tertiary/aromatic N) is 2. The summed E-state index contributed by atoms with van der Waals surface area (Å²) in [5, 5.41) is 10.7. The largest absolute Gasteiger partial charge is 0.507 e. The number of rotatable bonds is 6. The number of hydrogen-bond donors (Lipinski definition) is 1. The Morgan fingerprint density at radius 3 is 2.59 bits per heavy atom. The molecule has 3 rings (SSSR count). The van der Waals surface area contributed by atoms with Crippen molar-refractivity contribution in [2.75, 3.05) is 26.8 Å². The lowest BCUT2D eigenvalue weighted by Crippen LogP contribution is -2.39. The predicted octanol–water partition coefficient (Wildman–Crippen LogP) is 3.22. The van der Waals surface area contributed by atoms with E-state index in [1.165, 1.54) is 6.07 Å². The van der Waals surface area contributed by atoms with E-state index in [4.69, 9.17) is 4.74 Å². The monoisotopic (exact) mass is 374 g/mol. The van der Waals surface area contributed by atoms with E-state index in [1.807, 2.05) is 0 Å². The molecule has 1 aliphatic heterocycles. The third kappa shape index (κ3) is 4.06. The number of benzene rings is 1. The number of aromatic hydroxyl groups is 1. The number of pyridine rings is 1. The summed E-state index contributed by atoms with van der Waals surface area (Å²) in [6.45, 7) is 4.09. The summed E-state index contributed by atoms with van der Waals surface area (Å²) in [6, 6.07) is 7.49. The minimum Gasteiger partial charge on any atom is -0.507 e. The maximum atomic E-state index is 14.7. The van der Waals surface area contributed by atoms with E-state index in [9.17, 15) is 14.3 Å². The average molecular weight is 374 g/mol. The zero-order valence-corrected chi connectivity index (χ0v) is 15.9. The quantitative estimate of drug-likeness (QED) is 0.844. The van der Waals surface area contributed by atoms with Crippen LogP contribution in [0.3, 0.4) is 0 Å². The van der Waals surface area contributed by atoms with Crippen LogP contribution in [0.5, 0.6) is 5.75 Å². The van der Waals surface area contributed by atoms with Gasteiger partial charge in [0.25, 0.3) is 5.56 Å². The SMILES string of the molecule is COCCn1c(C)cc(O)c([C@@H](c2ccccc2F)N2CCCCC2)c1=O. The van der Waals surface area contributed by atoms with Crippen molar-refractivity contribution in [3.05, 3.63) is 63.3 Å². The van der Waals surface area contributed by atoms with Crippen LogP contribution in [0.2, 0.25) is 0 Å². The van der Waals surface area contributed by atoms with Crippen LogP contribution in [0.1, 0.15) is 42.1 Å². The van der Waals surface area contributed by atoms with E-state index in [-0.39, 0.29) is 22.7 Å². The Labute approximate surface area is 159 Å². The van der Waals surface area contributed by atoms with Crippen LogP contribution in [-0.2, 0) is 11.3 Å². The normalized spacial score (nSPS) is 16.4. The first kappa shape index (κ1) is 19.6. The molecule has 27 heavy (non-hydrogen) atoms. The van der Waals surface area contributed by atoms with Crippen LogP contribution < -0.4 is 5.56 Å². The Hall–Kier alpha value is -2.18. The molecule has 0 bridgehead atoms. The number of aromatic nitrogens is 1. The van der Waals surface area contributed by atoms with Gasteiger partial charge in [0.05, 0.1) is 18.2 Å². The molecule has 5 nitrogen and oxygen atoms in total. The standard InChI is InChI=1S/C21H27FN2O3/c1-15-14-18(25)19(21(26)24(15)12-13-27-2)20(23-10-6-3-7-11-23)16-8-4-5-9-17(16)22/h4-5,8-9,14,20,25H,3,6-7,10-13H2,1-2H3/t20-/m1/s1.